The first-order valence-electron chi connectivity index (χ1n) is 16.1. The van der Waals surface area contributed by atoms with Gasteiger partial charge in [-0.1, -0.05) is 24.3 Å². The summed E-state index contributed by atoms with van der Waals surface area (Å²) in [5, 5.41) is 10.5. The van der Waals surface area contributed by atoms with Gasteiger partial charge in [0.25, 0.3) is 0 Å². The molecule has 0 fully saturated rings. The molecule has 0 bridgehead atoms. The molecule has 14 heteroatoms. The van der Waals surface area contributed by atoms with Crippen LogP contribution < -0.4 is 0 Å². The Labute approximate surface area is 298 Å². The Morgan fingerprint density at radius 2 is 1.02 bits per heavy atom. The lowest BCUT2D eigenvalue weighted by molar-refractivity contribution is -0.148. The predicted octanol–water partition coefficient (Wildman–Crippen LogP) is 8.27. The van der Waals surface area contributed by atoms with E-state index in [1.54, 1.807) is 52.0 Å². The second kappa shape index (κ2) is 16.9. The van der Waals surface area contributed by atoms with Crippen molar-refractivity contribution in [3.63, 3.8) is 0 Å². The van der Waals surface area contributed by atoms with Crippen molar-refractivity contribution in [1.29, 1.82) is 0 Å². The summed E-state index contributed by atoms with van der Waals surface area (Å²) in [5.41, 5.74) is 3.60. The van der Waals surface area contributed by atoms with Gasteiger partial charge in [0.15, 0.2) is 11.9 Å². The zero-order chi connectivity index (χ0) is 37.6. The monoisotopic (exact) mass is 744 g/mol. The van der Waals surface area contributed by atoms with Crippen LogP contribution in [0.15, 0.2) is 84.3 Å². The summed E-state index contributed by atoms with van der Waals surface area (Å²) >= 11 is 0. The summed E-state index contributed by atoms with van der Waals surface area (Å²) in [7, 11) is -4.77. The molecule has 2 atom stereocenters. The number of phosphoric ester groups is 1. The zero-order valence-corrected chi connectivity index (χ0v) is 29.7. The van der Waals surface area contributed by atoms with Gasteiger partial charge in [0, 0.05) is 0 Å². The highest BCUT2D eigenvalue weighted by atomic mass is 31.2. The molecule has 0 radical (unpaired) electrons. The number of esters is 1. The van der Waals surface area contributed by atoms with Gasteiger partial charge in [-0.05, 0) is 121 Å². The van der Waals surface area contributed by atoms with Gasteiger partial charge in [-0.15, -0.1) is 0 Å². The van der Waals surface area contributed by atoms with Crippen LogP contribution in [-0.2, 0) is 63.6 Å². The average molecular weight is 745 g/mol. The standard InChI is InChI=1S/C38H37F4O9P/c1-22-5-26(13-30(39)9-22)18-46-36-35(50-38(44)37(36)47-19-27-6-23(2)10-31(40)14-27)34(17-43)51-52(45,48-20-28-7-24(3)11-32(41)15-28)49-21-29-8-25(4)12-33(42)16-29/h5-16,34-35,43H,17-21H2,1-4H3/t34-,35+/m0/s1. The molecule has 1 N–H and O–H groups in total. The number of carbonyl (C=O) groups is 1. The number of aliphatic hydroxyl groups is 1. The quantitative estimate of drug-likeness (QED) is 0.0689. The Morgan fingerprint density at radius 1 is 0.635 bits per heavy atom. The van der Waals surface area contributed by atoms with Crippen LogP contribution in [0.1, 0.15) is 44.5 Å². The third kappa shape index (κ3) is 10.5. The highest BCUT2D eigenvalue weighted by Crippen LogP contribution is 2.53. The number of halogens is 4. The lowest BCUT2D eigenvalue weighted by Crippen LogP contribution is -2.35. The Hall–Kier alpha value is -4.52. The number of phosphoric acid groups is 1. The van der Waals surface area contributed by atoms with Crippen LogP contribution in [0.2, 0.25) is 0 Å². The third-order valence-electron chi connectivity index (χ3n) is 7.65. The van der Waals surface area contributed by atoms with Crippen molar-refractivity contribution < 1.29 is 59.8 Å². The minimum atomic E-state index is -4.77. The van der Waals surface area contributed by atoms with E-state index in [0.29, 0.717) is 33.4 Å². The molecule has 0 spiro atoms. The second-order valence-electron chi connectivity index (χ2n) is 12.5. The minimum Gasteiger partial charge on any atom is -0.485 e. The molecule has 4 aromatic carbocycles. The number of hydrogen-bond acceptors (Lipinski definition) is 9. The summed E-state index contributed by atoms with van der Waals surface area (Å²) in [6.07, 6.45) is -3.29. The first kappa shape index (κ1) is 38.7. The van der Waals surface area contributed by atoms with Crippen LogP contribution in [-0.4, -0.2) is 29.9 Å². The summed E-state index contributed by atoms with van der Waals surface area (Å²) in [6, 6.07) is 16.4. The summed E-state index contributed by atoms with van der Waals surface area (Å²) < 4.78 is 105. The Balaban J connectivity index is 1.45. The van der Waals surface area contributed by atoms with Crippen LogP contribution in [0.25, 0.3) is 0 Å². The van der Waals surface area contributed by atoms with Crippen LogP contribution in [0.5, 0.6) is 0 Å². The Bertz CT molecular complexity index is 1880. The normalized spacial score (nSPS) is 15.2. The Kier molecular flexibility index (Phi) is 12.6. The molecule has 276 valence electrons. The van der Waals surface area contributed by atoms with E-state index >= 15 is 0 Å². The number of aryl methyl sites for hydroxylation is 4. The molecule has 1 heterocycles. The van der Waals surface area contributed by atoms with E-state index in [-0.39, 0.29) is 30.1 Å². The molecule has 4 aromatic rings. The van der Waals surface area contributed by atoms with Gasteiger partial charge >= 0.3 is 13.8 Å². The van der Waals surface area contributed by atoms with E-state index < -0.39 is 74.8 Å². The molecule has 1 aliphatic heterocycles. The van der Waals surface area contributed by atoms with E-state index in [0.717, 1.165) is 12.1 Å². The van der Waals surface area contributed by atoms with Gasteiger partial charge in [0.05, 0.1) is 19.8 Å². The van der Waals surface area contributed by atoms with Gasteiger partial charge in [0.2, 0.25) is 5.76 Å². The van der Waals surface area contributed by atoms with E-state index in [9.17, 15) is 32.0 Å². The first-order valence-corrected chi connectivity index (χ1v) is 17.6. The lowest BCUT2D eigenvalue weighted by atomic mass is 10.1. The van der Waals surface area contributed by atoms with Crippen LogP contribution in [0, 0.1) is 51.0 Å². The van der Waals surface area contributed by atoms with Crippen molar-refractivity contribution in [2.24, 2.45) is 0 Å². The smallest absolute Gasteiger partial charge is 0.475 e. The maximum absolute atomic E-state index is 14.3. The van der Waals surface area contributed by atoms with Crippen molar-refractivity contribution in [3.8, 4) is 0 Å². The second-order valence-corrected chi connectivity index (χ2v) is 14.1. The molecular formula is C38H37F4O9P. The zero-order valence-electron chi connectivity index (χ0n) is 28.8. The molecule has 0 saturated carbocycles. The third-order valence-corrected chi connectivity index (χ3v) is 9.07. The van der Waals surface area contributed by atoms with Gasteiger partial charge in [-0.2, -0.15) is 0 Å². The van der Waals surface area contributed by atoms with E-state index in [2.05, 4.69) is 0 Å². The van der Waals surface area contributed by atoms with Gasteiger partial charge in [-0.3, -0.25) is 13.6 Å². The number of cyclic esters (lactones) is 1. The molecule has 0 unspecified atom stereocenters. The lowest BCUT2D eigenvalue weighted by Gasteiger charge is -2.27. The minimum absolute atomic E-state index is 0.275. The molecule has 9 nitrogen and oxygen atoms in total. The highest BCUT2D eigenvalue weighted by molar-refractivity contribution is 7.48. The number of rotatable bonds is 16. The largest absolute Gasteiger partial charge is 0.485 e. The fourth-order valence-corrected chi connectivity index (χ4v) is 6.95. The summed E-state index contributed by atoms with van der Waals surface area (Å²) in [5.74, 6) is -4.00. The van der Waals surface area contributed by atoms with Crippen LogP contribution in [0.4, 0.5) is 17.6 Å². The van der Waals surface area contributed by atoms with Crippen molar-refractivity contribution in [2.45, 2.75) is 66.3 Å². The molecule has 0 aliphatic carbocycles. The van der Waals surface area contributed by atoms with Crippen molar-refractivity contribution >= 4 is 13.8 Å². The number of benzene rings is 4. The predicted molar refractivity (Wildman–Crippen MR) is 180 cm³/mol. The topological polar surface area (TPSA) is 110 Å². The van der Waals surface area contributed by atoms with Gasteiger partial charge < -0.3 is 19.3 Å². The fraction of sp³-hybridized carbons (Fsp3) is 0.289. The van der Waals surface area contributed by atoms with Crippen molar-refractivity contribution in [3.05, 3.63) is 152 Å². The molecule has 0 aromatic heterocycles. The average Bonchev–Trinajstić information content (AvgIpc) is 3.36. The Morgan fingerprint density at radius 3 is 1.40 bits per heavy atom. The molecule has 5 rings (SSSR count). The first-order chi connectivity index (χ1) is 24.7. The van der Waals surface area contributed by atoms with Crippen molar-refractivity contribution in [2.75, 3.05) is 6.61 Å². The molecule has 52 heavy (non-hydrogen) atoms. The van der Waals surface area contributed by atoms with E-state index in [4.69, 9.17) is 27.8 Å². The highest BCUT2D eigenvalue weighted by Gasteiger charge is 2.46. The number of aliphatic hydroxyl groups excluding tert-OH is 1. The van der Waals surface area contributed by atoms with Gasteiger partial charge in [-0.25, -0.2) is 26.9 Å². The number of carbonyl (C=O) groups excluding carboxylic acids is 1. The SMILES string of the molecule is Cc1cc(F)cc(COC2=C(OCc3cc(C)cc(F)c3)[C@@H]([C@H](CO)OP(=O)(OCc3cc(C)cc(F)c3)OCc3cc(C)cc(F)c3)OC2=O)c1. The number of ether oxygens (including phenoxy) is 3. The summed E-state index contributed by atoms with van der Waals surface area (Å²) in [4.78, 5) is 13.2. The maximum Gasteiger partial charge on any atom is 0.475 e. The molecular weight excluding hydrogens is 707 g/mol. The molecule has 0 amide bonds. The molecule has 0 saturated heterocycles. The van der Waals surface area contributed by atoms with Crippen LogP contribution >= 0.6 is 7.82 Å². The van der Waals surface area contributed by atoms with Gasteiger partial charge in [0.1, 0.15) is 42.6 Å². The van der Waals surface area contributed by atoms with Crippen LogP contribution in [0.3, 0.4) is 0 Å². The van der Waals surface area contributed by atoms with E-state index in [1.165, 1.54) is 36.4 Å². The maximum atomic E-state index is 14.3. The number of hydrogen-bond donors (Lipinski definition) is 1. The van der Waals surface area contributed by atoms with Crippen molar-refractivity contribution in [1.82, 2.24) is 0 Å². The fourth-order valence-electron chi connectivity index (χ4n) is 5.63. The summed E-state index contributed by atoms with van der Waals surface area (Å²) in [6.45, 7) is 4.18. The van der Waals surface area contributed by atoms with E-state index in [1.807, 2.05) is 0 Å². The molecule has 1 aliphatic rings.